The number of benzene rings is 4. The van der Waals surface area contributed by atoms with E-state index in [1.165, 1.54) is 88.4 Å². The van der Waals surface area contributed by atoms with E-state index < -0.39 is 0 Å². The zero-order chi connectivity index (χ0) is 33.5. The molecule has 0 radical (unpaired) electrons. The molecule has 6 aromatic rings. The molecule has 0 saturated carbocycles. The SMILES string of the molecule is C1=CC2Sc3ccc(-n4c5c(c6ccc(-c7ccc8c(c7)c7c(n8-c8cccc(C9=CCCC=C9)c8)C=CCC7)cc64)C=CCC5)cc3C2C=C1. The molecule has 3 heteroatoms. The fourth-order valence-electron chi connectivity index (χ4n) is 9.21. The molecular formula is C48H38N2S. The van der Waals surface area contributed by atoms with E-state index in [1.807, 2.05) is 11.8 Å². The minimum atomic E-state index is 0.450. The van der Waals surface area contributed by atoms with Crippen molar-refractivity contribution < 1.29 is 0 Å². The van der Waals surface area contributed by atoms with E-state index in [0.29, 0.717) is 11.2 Å². The maximum Gasteiger partial charge on any atom is 0.0543 e. The van der Waals surface area contributed by atoms with Crippen LogP contribution in [0.5, 0.6) is 0 Å². The lowest BCUT2D eigenvalue weighted by molar-refractivity contribution is 0.864. The van der Waals surface area contributed by atoms with Gasteiger partial charge in [-0.3, -0.25) is 0 Å². The molecule has 4 aliphatic carbocycles. The molecule has 0 N–H and O–H groups in total. The normalized spacial score (nSPS) is 19.7. The molecule has 246 valence electrons. The van der Waals surface area contributed by atoms with Crippen LogP contribution in [0.1, 0.15) is 65.2 Å². The van der Waals surface area contributed by atoms with Gasteiger partial charge in [0.15, 0.2) is 0 Å². The topological polar surface area (TPSA) is 9.86 Å². The lowest BCUT2D eigenvalue weighted by Gasteiger charge is -2.17. The molecule has 2 atom stereocenters. The lowest BCUT2D eigenvalue weighted by Crippen LogP contribution is -2.08. The highest BCUT2D eigenvalue weighted by atomic mass is 32.2. The Morgan fingerprint density at radius 2 is 1.47 bits per heavy atom. The van der Waals surface area contributed by atoms with Crippen molar-refractivity contribution in [1.29, 1.82) is 0 Å². The van der Waals surface area contributed by atoms with Crippen molar-refractivity contribution in [3.8, 4) is 22.5 Å². The van der Waals surface area contributed by atoms with Crippen molar-refractivity contribution in [3.05, 3.63) is 167 Å². The molecule has 1 aliphatic heterocycles. The highest BCUT2D eigenvalue weighted by Crippen LogP contribution is 2.49. The lowest BCUT2D eigenvalue weighted by atomic mass is 9.92. The summed E-state index contributed by atoms with van der Waals surface area (Å²) in [5.41, 5.74) is 17.3. The molecule has 0 bridgehead atoms. The Balaban J connectivity index is 1.05. The Hall–Kier alpha value is -5.25. The standard InChI is InChI=1S/C48H38N2S/c1-2-11-31(12-3-1)32-13-10-14-35(27-32)49-44-19-8-5-16-38(44)41-28-33(22-25-45(41)49)34-21-24-39-37-15-4-7-18-43(37)50(46(39)29-34)36-23-26-48-42(30-36)40-17-6-9-20-47(40)51-48/h2,4,6,8-15,17,19-30,40,47H,1,3,5,7,16,18H2. The minimum absolute atomic E-state index is 0.450. The maximum absolute atomic E-state index is 2.57. The zero-order valence-corrected chi connectivity index (χ0v) is 29.4. The molecule has 0 amide bonds. The van der Waals surface area contributed by atoms with E-state index in [-0.39, 0.29) is 0 Å². The summed E-state index contributed by atoms with van der Waals surface area (Å²) < 4.78 is 5.06. The van der Waals surface area contributed by atoms with Crippen molar-refractivity contribution in [2.24, 2.45) is 0 Å². The molecule has 0 saturated heterocycles. The Morgan fingerprint density at radius 1 is 0.608 bits per heavy atom. The number of allylic oxidation sites excluding steroid dienone is 9. The van der Waals surface area contributed by atoms with Gasteiger partial charge in [0, 0.05) is 55.2 Å². The third-order valence-corrected chi connectivity index (χ3v) is 13.0. The van der Waals surface area contributed by atoms with Crippen LogP contribution in [0.15, 0.2) is 138 Å². The van der Waals surface area contributed by atoms with Crippen LogP contribution in [-0.4, -0.2) is 14.4 Å². The van der Waals surface area contributed by atoms with Gasteiger partial charge in [-0.25, -0.2) is 0 Å². The maximum atomic E-state index is 2.57. The molecule has 5 aliphatic rings. The average molecular weight is 675 g/mol. The zero-order valence-electron chi connectivity index (χ0n) is 28.6. The van der Waals surface area contributed by atoms with E-state index in [4.69, 9.17) is 0 Å². The second-order valence-corrected chi connectivity index (χ2v) is 15.8. The number of fused-ring (bicyclic) bond motifs is 9. The fourth-order valence-corrected chi connectivity index (χ4v) is 10.5. The van der Waals surface area contributed by atoms with Crippen molar-refractivity contribution in [1.82, 2.24) is 9.13 Å². The largest absolute Gasteiger partial charge is 0.313 e. The van der Waals surface area contributed by atoms with E-state index in [2.05, 4.69) is 155 Å². The van der Waals surface area contributed by atoms with Crippen LogP contribution in [0.2, 0.25) is 0 Å². The average Bonchev–Trinajstić information content (AvgIpc) is 3.85. The van der Waals surface area contributed by atoms with Crippen LogP contribution < -0.4 is 0 Å². The molecule has 0 fully saturated rings. The Bertz CT molecular complexity index is 2630. The predicted molar refractivity (Wildman–Crippen MR) is 217 cm³/mol. The summed E-state index contributed by atoms with van der Waals surface area (Å²) in [5.74, 6) is 0.450. The second kappa shape index (κ2) is 11.6. The summed E-state index contributed by atoms with van der Waals surface area (Å²) in [6.07, 6.45) is 32.0. The van der Waals surface area contributed by atoms with Crippen LogP contribution in [0, 0.1) is 0 Å². The molecule has 2 unspecified atom stereocenters. The number of aromatic nitrogens is 2. The van der Waals surface area contributed by atoms with E-state index >= 15 is 0 Å². The smallest absolute Gasteiger partial charge is 0.0543 e. The van der Waals surface area contributed by atoms with Crippen molar-refractivity contribution in [2.45, 2.75) is 54.6 Å². The van der Waals surface area contributed by atoms with Crippen molar-refractivity contribution in [2.75, 3.05) is 0 Å². The van der Waals surface area contributed by atoms with Gasteiger partial charge in [0.25, 0.3) is 0 Å². The van der Waals surface area contributed by atoms with Gasteiger partial charge in [-0.05, 0) is 127 Å². The van der Waals surface area contributed by atoms with Crippen molar-refractivity contribution >= 4 is 51.3 Å². The molecule has 4 aromatic carbocycles. The van der Waals surface area contributed by atoms with Gasteiger partial charge in [0.05, 0.1) is 11.0 Å². The Labute approximate surface area is 303 Å². The van der Waals surface area contributed by atoms with Gasteiger partial charge in [-0.15, -0.1) is 11.8 Å². The number of nitrogens with zero attached hydrogens (tertiary/aromatic N) is 2. The van der Waals surface area contributed by atoms with Gasteiger partial charge < -0.3 is 9.13 Å². The summed E-state index contributed by atoms with van der Waals surface area (Å²) in [6, 6.07) is 30.6. The molecule has 3 heterocycles. The van der Waals surface area contributed by atoms with E-state index in [9.17, 15) is 0 Å². The Kier molecular flexibility index (Phi) is 6.73. The highest BCUT2D eigenvalue weighted by molar-refractivity contribution is 8.00. The quantitative estimate of drug-likeness (QED) is 0.181. The summed E-state index contributed by atoms with van der Waals surface area (Å²) in [5, 5.41) is 3.22. The van der Waals surface area contributed by atoms with Crippen LogP contribution in [0.3, 0.4) is 0 Å². The molecule has 2 nitrogen and oxygen atoms in total. The van der Waals surface area contributed by atoms with Crippen LogP contribution in [0.4, 0.5) is 0 Å². The molecule has 11 rings (SSSR count). The minimum Gasteiger partial charge on any atom is -0.313 e. The predicted octanol–water partition coefficient (Wildman–Crippen LogP) is 12.6. The first kappa shape index (κ1) is 29.5. The number of hydrogen-bond donors (Lipinski definition) is 0. The van der Waals surface area contributed by atoms with Gasteiger partial charge >= 0.3 is 0 Å². The fraction of sp³-hybridized carbons (Fsp3) is 0.167. The number of rotatable bonds is 4. The van der Waals surface area contributed by atoms with Crippen molar-refractivity contribution in [3.63, 3.8) is 0 Å². The number of aryl methyl sites for hydroxylation is 1. The van der Waals surface area contributed by atoms with E-state index in [0.717, 1.165) is 38.5 Å². The Morgan fingerprint density at radius 3 is 2.43 bits per heavy atom. The highest BCUT2D eigenvalue weighted by Gasteiger charge is 2.32. The summed E-state index contributed by atoms with van der Waals surface area (Å²) in [4.78, 5) is 1.42. The first-order valence-electron chi connectivity index (χ1n) is 18.6. The van der Waals surface area contributed by atoms with Crippen LogP contribution in [0.25, 0.3) is 62.0 Å². The van der Waals surface area contributed by atoms with Crippen LogP contribution >= 0.6 is 11.8 Å². The monoisotopic (exact) mass is 674 g/mol. The third kappa shape index (κ3) is 4.64. The molecular weight excluding hydrogens is 637 g/mol. The molecule has 2 aromatic heterocycles. The summed E-state index contributed by atoms with van der Waals surface area (Å²) >= 11 is 2.01. The number of hydrogen-bond acceptors (Lipinski definition) is 1. The van der Waals surface area contributed by atoms with E-state index in [1.54, 1.807) is 0 Å². The third-order valence-electron chi connectivity index (χ3n) is 11.6. The summed E-state index contributed by atoms with van der Waals surface area (Å²) in [7, 11) is 0. The second-order valence-electron chi connectivity index (χ2n) is 14.5. The van der Waals surface area contributed by atoms with Gasteiger partial charge in [-0.1, -0.05) is 91.1 Å². The van der Waals surface area contributed by atoms with Gasteiger partial charge in [0.1, 0.15) is 0 Å². The van der Waals surface area contributed by atoms with Gasteiger partial charge in [-0.2, -0.15) is 0 Å². The first-order chi connectivity index (χ1) is 25.3. The first-order valence-corrected chi connectivity index (χ1v) is 19.5. The molecule has 51 heavy (non-hydrogen) atoms. The van der Waals surface area contributed by atoms with Gasteiger partial charge in [0.2, 0.25) is 0 Å². The number of thioether (sulfide) groups is 1. The summed E-state index contributed by atoms with van der Waals surface area (Å²) in [6.45, 7) is 0. The molecule has 0 spiro atoms. The van der Waals surface area contributed by atoms with Crippen LogP contribution in [-0.2, 0) is 12.8 Å².